The first-order chi connectivity index (χ1) is 45.1. The monoisotopic (exact) mass is 1280 g/mol. The van der Waals surface area contributed by atoms with Gasteiger partial charge in [0, 0.05) is 113 Å². The maximum atomic E-state index is 15.0. The van der Waals surface area contributed by atoms with Crippen LogP contribution >= 0.6 is 46.4 Å². The Kier molecular flexibility index (Phi) is 17.6. The number of hydrogen-bond donors (Lipinski definition) is 4. The second-order valence-corrected chi connectivity index (χ2v) is 22.7. The number of hydrogen-bond acceptors (Lipinski definition) is 8. The molecule has 0 saturated heterocycles. The minimum atomic E-state index is -0.429. The largest absolute Gasteiger partial charge is 0.321 e. The Morgan fingerprint density at radius 3 is 1.08 bits per heavy atom. The summed E-state index contributed by atoms with van der Waals surface area (Å²) in [5.74, 6) is -1.29. The summed E-state index contributed by atoms with van der Waals surface area (Å²) in [6.07, 6.45) is 15.2. The Hall–Kier alpha value is -10.6. The van der Waals surface area contributed by atoms with Crippen LogP contribution in [0.25, 0.3) is 22.3 Å². The molecule has 0 atom stereocenters. The van der Waals surface area contributed by atoms with Crippen LogP contribution in [0, 0.1) is 0 Å². The number of alkyl halides is 4. The molecule has 0 spiro atoms. The summed E-state index contributed by atoms with van der Waals surface area (Å²) >= 11 is 25.9. The SMILES string of the molecule is O=C(Nc1ccccc1C1=CC2=CC3=NC(=CC4=NC(=CC5=NC(=C(c6ccccc6NC(=O)c6ccccc6CCl)C1=N2)C(c1ccccc1NC(=O)c1ccccc1CCl)=C5c1ccccc1NC(=O)c1ccccc1CCl)C=C4)C=C3)c1ccccc1CCl. The minimum Gasteiger partial charge on any atom is -0.321 e. The number of benzene rings is 8. The second-order valence-electron chi connectivity index (χ2n) is 21.6. The van der Waals surface area contributed by atoms with Gasteiger partial charge in [-0.25, -0.2) is 20.0 Å². The van der Waals surface area contributed by atoms with E-state index in [0.717, 1.165) is 0 Å². The van der Waals surface area contributed by atoms with Crippen LogP contribution in [0.1, 0.15) is 85.9 Å². The predicted molar refractivity (Wildman–Crippen MR) is 376 cm³/mol. The zero-order valence-corrected chi connectivity index (χ0v) is 51.9. The molecule has 4 N–H and O–H groups in total. The highest BCUT2D eigenvalue weighted by Gasteiger charge is 2.37. The number of halogens is 4. The number of amides is 4. The lowest BCUT2D eigenvalue weighted by Crippen LogP contribution is -2.18. The predicted octanol–water partition coefficient (Wildman–Crippen LogP) is 17.7. The van der Waals surface area contributed by atoms with E-state index in [1.807, 2.05) is 188 Å². The minimum absolute atomic E-state index is 0.0744. The molecule has 12 nitrogen and oxygen atoms in total. The van der Waals surface area contributed by atoms with Crippen molar-refractivity contribution in [2.75, 3.05) is 21.3 Å². The first-order valence-corrected chi connectivity index (χ1v) is 31.5. The molecule has 13 rings (SSSR count). The van der Waals surface area contributed by atoms with Gasteiger partial charge < -0.3 is 21.3 Å². The maximum Gasteiger partial charge on any atom is 0.256 e. The van der Waals surface area contributed by atoms with Crippen molar-refractivity contribution in [1.29, 1.82) is 0 Å². The molecule has 8 aromatic carbocycles. The van der Waals surface area contributed by atoms with Gasteiger partial charge in [-0.15, -0.1) is 46.4 Å². The van der Waals surface area contributed by atoms with Crippen LogP contribution in [0.4, 0.5) is 22.7 Å². The van der Waals surface area contributed by atoms with E-state index in [0.29, 0.717) is 157 Å². The fourth-order valence-electron chi connectivity index (χ4n) is 11.6. The molecule has 92 heavy (non-hydrogen) atoms. The van der Waals surface area contributed by atoms with Crippen LogP contribution in [0.2, 0.25) is 0 Å². The van der Waals surface area contributed by atoms with Crippen LogP contribution in [-0.4, -0.2) is 46.5 Å². The molecule has 5 heterocycles. The standard InChI is InChI=1S/C76H52Cl4N8O4/c77-41-45-17-1-5-21-54(45)73(89)85-63-29-13-9-25-58(63)62-39-53-38-51-34-33-49(81-51)37-50-35-36-52(82-50)40-67-68(59-26-10-14-30-64(59)86-74(90)55-22-6-2-18-46(55)42-78)69(60-27-11-15-31-65(60)87-75(91)56-23-7-3-19-47(56)43-79)72(84-67)70(71(62)83-53)61-28-12-16-32-66(61)88-76(92)57-24-8-4-20-48(57)44-80/h1-40H,41-44H2,(H,85,89)(H,86,90)(H,87,91)(H,88,92). The topological polar surface area (TPSA) is 166 Å². The Morgan fingerprint density at radius 2 is 0.652 bits per heavy atom. The molecule has 8 bridgehead atoms. The molecule has 0 fully saturated rings. The number of carbonyl (C=O) groups excluding carboxylic acids is 4. The smallest absolute Gasteiger partial charge is 0.256 e. The van der Waals surface area contributed by atoms with Gasteiger partial charge in [0.05, 0.1) is 45.6 Å². The lowest BCUT2D eigenvalue weighted by atomic mass is 9.84. The van der Waals surface area contributed by atoms with Crippen molar-refractivity contribution >= 4 is 138 Å². The van der Waals surface area contributed by atoms with Crippen LogP contribution in [0.3, 0.4) is 0 Å². The maximum absolute atomic E-state index is 15.0. The number of aliphatic imine (C=N–C) groups is 4. The Balaban J connectivity index is 1.15. The first kappa shape index (κ1) is 60.3. The number of anilines is 4. The number of nitrogens with one attached hydrogen (secondary N) is 4. The van der Waals surface area contributed by atoms with Crippen molar-refractivity contribution in [3.63, 3.8) is 0 Å². The van der Waals surface area contributed by atoms with E-state index in [9.17, 15) is 19.2 Å². The van der Waals surface area contributed by atoms with Crippen molar-refractivity contribution in [2.24, 2.45) is 20.0 Å². The van der Waals surface area contributed by atoms with E-state index in [1.165, 1.54) is 0 Å². The van der Waals surface area contributed by atoms with E-state index in [4.69, 9.17) is 66.4 Å². The third-order valence-corrected chi connectivity index (χ3v) is 17.1. The number of rotatable bonds is 16. The highest BCUT2D eigenvalue weighted by molar-refractivity contribution is 6.51. The number of fused-ring (bicyclic) bond motifs is 4. The van der Waals surface area contributed by atoms with Crippen LogP contribution in [-0.2, 0) is 23.5 Å². The number of para-hydroxylation sites is 4. The third-order valence-electron chi connectivity index (χ3n) is 15.9. The van der Waals surface area contributed by atoms with Crippen molar-refractivity contribution in [3.8, 4) is 0 Å². The molecule has 0 saturated carbocycles. The van der Waals surface area contributed by atoms with E-state index in [-0.39, 0.29) is 29.4 Å². The average Bonchev–Trinajstić information content (AvgIpc) is 1.56. The van der Waals surface area contributed by atoms with Gasteiger partial charge in [-0.05, 0) is 119 Å². The lowest BCUT2D eigenvalue weighted by molar-refractivity contribution is 0.101. The average molecular weight is 1280 g/mol. The lowest BCUT2D eigenvalue weighted by Gasteiger charge is -2.22. The van der Waals surface area contributed by atoms with Crippen molar-refractivity contribution in [1.82, 2.24) is 0 Å². The Labute approximate surface area is 550 Å². The van der Waals surface area contributed by atoms with E-state index in [1.54, 1.807) is 54.6 Å². The van der Waals surface area contributed by atoms with Gasteiger partial charge in [-0.2, -0.15) is 0 Å². The van der Waals surface area contributed by atoms with Crippen LogP contribution < -0.4 is 21.3 Å². The molecule has 0 aliphatic carbocycles. The quantitative estimate of drug-likeness (QED) is 0.0708. The highest BCUT2D eigenvalue weighted by atomic mass is 35.5. The third kappa shape index (κ3) is 12.3. The van der Waals surface area contributed by atoms with E-state index >= 15 is 0 Å². The normalized spacial score (nSPS) is 14.6. The summed E-state index contributed by atoms with van der Waals surface area (Å²) < 4.78 is 0. The summed E-state index contributed by atoms with van der Waals surface area (Å²) in [6, 6.07) is 58.3. The molecule has 0 aromatic heterocycles. The number of allylic oxidation sites excluding steroid dienone is 12. The molecular formula is C76H52Cl4N8O4. The van der Waals surface area contributed by atoms with Gasteiger partial charge in [0.2, 0.25) is 0 Å². The molecule has 0 unspecified atom stereocenters. The molecule has 5 aliphatic rings. The van der Waals surface area contributed by atoms with Gasteiger partial charge in [-0.3, -0.25) is 19.2 Å². The zero-order chi connectivity index (χ0) is 63.2. The van der Waals surface area contributed by atoms with Gasteiger partial charge in [0.15, 0.2) is 0 Å². The number of nitrogens with zero attached hydrogens (tertiary/aromatic N) is 4. The van der Waals surface area contributed by atoms with E-state index in [2.05, 4.69) is 21.3 Å². The zero-order valence-electron chi connectivity index (χ0n) is 48.9. The Morgan fingerprint density at radius 1 is 0.315 bits per heavy atom. The highest BCUT2D eigenvalue weighted by Crippen LogP contribution is 2.50. The summed E-state index contributed by atoms with van der Waals surface area (Å²) in [5.41, 5.74) is 13.7. The van der Waals surface area contributed by atoms with Gasteiger partial charge >= 0.3 is 0 Å². The van der Waals surface area contributed by atoms with E-state index < -0.39 is 17.7 Å². The summed E-state index contributed by atoms with van der Waals surface area (Å²) in [5, 5.41) is 13.0. The molecule has 8 aromatic rings. The van der Waals surface area contributed by atoms with Gasteiger partial charge in [-0.1, -0.05) is 146 Å². The van der Waals surface area contributed by atoms with Gasteiger partial charge in [0.25, 0.3) is 23.6 Å². The molecule has 0 radical (unpaired) electrons. The summed E-state index contributed by atoms with van der Waals surface area (Å²) in [7, 11) is 0. The second kappa shape index (κ2) is 26.8. The van der Waals surface area contributed by atoms with Crippen molar-refractivity contribution in [2.45, 2.75) is 23.5 Å². The fourth-order valence-corrected chi connectivity index (χ4v) is 12.5. The van der Waals surface area contributed by atoms with Crippen molar-refractivity contribution in [3.05, 3.63) is 332 Å². The van der Waals surface area contributed by atoms with Crippen LogP contribution in [0.15, 0.2) is 285 Å². The van der Waals surface area contributed by atoms with Crippen LogP contribution in [0.5, 0.6) is 0 Å². The summed E-state index contributed by atoms with van der Waals surface area (Å²) in [6.45, 7) is 0. The first-order valence-electron chi connectivity index (χ1n) is 29.3. The van der Waals surface area contributed by atoms with Gasteiger partial charge in [0.1, 0.15) is 0 Å². The molecule has 448 valence electrons. The summed E-state index contributed by atoms with van der Waals surface area (Å²) in [4.78, 5) is 80.9. The fraction of sp³-hybridized carbons (Fsp3) is 0.0526. The molecular weight excluding hydrogens is 1230 g/mol. The van der Waals surface area contributed by atoms with Crippen molar-refractivity contribution < 1.29 is 19.2 Å². The molecule has 4 amide bonds. The molecule has 16 heteroatoms. The Bertz CT molecular complexity index is 4840. The number of carbonyl (C=O) groups is 4. The molecule has 5 aliphatic heterocycles.